The first-order valence-electron chi connectivity index (χ1n) is 6.34. The first-order valence-corrected chi connectivity index (χ1v) is 7.14. The summed E-state index contributed by atoms with van der Waals surface area (Å²) in [5.41, 5.74) is 3.20. The Labute approximate surface area is 119 Å². The summed E-state index contributed by atoms with van der Waals surface area (Å²) in [6, 6.07) is 0. The van der Waals surface area contributed by atoms with Crippen LogP contribution in [0.1, 0.15) is 30.5 Å². The maximum Gasteiger partial charge on any atom is 0.235 e. The predicted octanol–water partition coefficient (Wildman–Crippen LogP) is 2.93. The maximum atomic E-state index is 10.4. The van der Waals surface area contributed by atoms with Crippen LogP contribution in [0.15, 0.2) is 9.47 Å². The van der Waals surface area contributed by atoms with Crippen molar-refractivity contribution in [3.8, 4) is 11.5 Å². The van der Waals surface area contributed by atoms with E-state index < -0.39 is 0 Å². The SMILES string of the molecule is CC1Cc2c(CN=C=O)c3c(c(Br)c2O1)CC(C)O3. The molecule has 2 unspecified atom stereocenters. The Morgan fingerprint density at radius 3 is 2.53 bits per heavy atom. The second kappa shape index (κ2) is 4.66. The van der Waals surface area contributed by atoms with Crippen LogP contribution in [-0.4, -0.2) is 18.3 Å². The number of fused-ring (bicyclic) bond motifs is 2. The molecule has 0 N–H and O–H groups in total. The molecule has 0 saturated carbocycles. The summed E-state index contributed by atoms with van der Waals surface area (Å²) >= 11 is 3.63. The highest BCUT2D eigenvalue weighted by Crippen LogP contribution is 2.49. The fourth-order valence-electron chi connectivity index (χ4n) is 2.83. The zero-order valence-electron chi connectivity index (χ0n) is 10.8. The number of benzene rings is 1. The molecule has 0 saturated heterocycles. The molecule has 19 heavy (non-hydrogen) atoms. The first kappa shape index (κ1) is 12.7. The first-order chi connectivity index (χ1) is 9.11. The second-order valence-electron chi connectivity index (χ2n) is 5.08. The Hall–Kier alpha value is -1.32. The molecule has 0 bridgehead atoms. The number of carbonyl (C=O) groups excluding carboxylic acids is 1. The van der Waals surface area contributed by atoms with Gasteiger partial charge in [0.1, 0.15) is 23.7 Å². The third kappa shape index (κ3) is 1.97. The highest BCUT2D eigenvalue weighted by Gasteiger charge is 2.34. The van der Waals surface area contributed by atoms with Crippen molar-refractivity contribution < 1.29 is 14.3 Å². The van der Waals surface area contributed by atoms with E-state index >= 15 is 0 Å². The van der Waals surface area contributed by atoms with Crippen molar-refractivity contribution in [3.05, 3.63) is 21.2 Å². The summed E-state index contributed by atoms with van der Waals surface area (Å²) < 4.78 is 12.8. The number of hydrogen-bond donors (Lipinski definition) is 0. The lowest BCUT2D eigenvalue weighted by atomic mass is 9.98. The van der Waals surface area contributed by atoms with Crippen molar-refractivity contribution in [2.45, 2.75) is 45.4 Å². The standard InChI is InChI=1S/C14H14BrNO3/c1-7-3-9-11(5-16-6-17)13-10(4-8(2)18-13)12(15)14(9)19-7/h7-8H,3-5H2,1-2H3. The van der Waals surface area contributed by atoms with Crippen molar-refractivity contribution in [3.63, 3.8) is 0 Å². The Balaban J connectivity index is 2.20. The minimum absolute atomic E-state index is 0.144. The summed E-state index contributed by atoms with van der Waals surface area (Å²) in [7, 11) is 0. The maximum absolute atomic E-state index is 10.4. The molecular formula is C14H14BrNO3. The molecule has 3 rings (SSSR count). The van der Waals surface area contributed by atoms with Gasteiger partial charge in [-0.1, -0.05) is 0 Å². The number of nitrogens with zero attached hydrogens (tertiary/aromatic N) is 1. The highest BCUT2D eigenvalue weighted by atomic mass is 79.9. The van der Waals surface area contributed by atoms with Crippen molar-refractivity contribution in [2.24, 2.45) is 4.99 Å². The Kier molecular flexibility index (Phi) is 3.11. The van der Waals surface area contributed by atoms with Crippen molar-refractivity contribution >= 4 is 22.0 Å². The van der Waals surface area contributed by atoms with Gasteiger partial charge in [-0.05, 0) is 29.8 Å². The summed E-state index contributed by atoms with van der Waals surface area (Å²) in [6.45, 7) is 4.38. The van der Waals surface area contributed by atoms with Gasteiger partial charge < -0.3 is 9.47 Å². The van der Waals surface area contributed by atoms with Crippen molar-refractivity contribution in [1.82, 2.24) is 0 Å². The van der Waals surface area contributed by atoms with E-state index in [0.29, 0.717) is 6.54 Å². The van der Waals surface area contributed by atoms with E-state index in [1.165, 1.54) is 0 Å². The second-order valence-corrected chi connectivity index (χ2v) is 5.87. The Morgan fingerprint density at radius 1 is 1.21 bits per heavy atom. The van der Waals surface area contributed by atoms with Crippen LogP contribution in [0.25, 0.3) is 0 Å². The van der Waals surface area contributed by atoms with Gasteiger partial charge >= 0.3 is 0 Å². The van der Waals surface area contributed by atoms with Gasteiger partial charge in [-0.25, -0.2) is 9.79 Å². The molecule has 1 aromatic rings. The molecule has 100 valence electrons. The van der Waals surface area contributed by atoms with E-state index in [9.17, 15) is 4.79 Å². The van der Waals surface area contributed by atoms with Gasteiger partial charge in [0.05, 0.1) is 11.0 Å². The van der Waals surface area contributed by atoms with Crippen LogP contribution < -0.4 is 9.47 Å². The van der Waals surface area contributed by atoms with E-state index in [0.717, 1.165) is 45.5 Å². The van der Waals surface area contributed by atoms with E-state index in [-0.39, 0.29) is 12.2 Å². The third-order valence-electron chi connectivity index (χ3n) is 3.57. The minimum atomic E-state index is 0.144. The van der Waals surface area contributed by atoms with Crippen LogP contribution in [0.4, 0.5) is 0 Å². The molecule has 0 radical (unpaired) electrons. The molecule has 2 heterocycles. The fourth-order valence-corrected chi connectivity index (χ4v) is 3.50. The smallest absolute Gasteiger partial charge is 0.235 e. The van der Waals surface area contributed by atoms with Crippen LogP contribution in [0.3, 0.4) is 0 Å². The average molecular weight is 324 g/mol. The average Bonchev–Trinajstić information content (AvgIpc) is 2.93. The largest absolute Gasteiger partial charge is 0.490 e. The van der Waals surface area contributed by atoms with E-state index in [4.69, 9.17) is 9.47 Å². The molecule has 2 atom stereocenters. The lowest BCUT2D eigenvalue weighted by Gasteiger charge is -2.13. The normalized spacial score (nSPS) is 23.1. The molecule has 2 aliphatic heterocycles. The van der Waals surface area contributed by atoms with Crippen LogP contribution in [-0.2, 0) is 24.2 Å². The fraction of sp³-hybridized carbons (Fsp3) is 0.500. The van der Waals surface area contributed by atoms with Gasteiger partial charge in [0.15, 0.2) is 0 Å². The van der Waals surface area contributed by atoms with Crippen molar-refractivity contribution in [2.75, 3.05) is 0 Å². The number of hydrogen-bond acceptors (Lipinski definition) is 4. The molecule has 0 spiro atoms. The van der Waals surface area contributed by atoms with Crippen LogP contribution in [0.2, 0.25) is 0 Å². The number of ether oxygens (including phenoxy) is 2. The van der Waals surface area contributed by atoms with Crippen LogP contribution in [0.5, 0.6) is 11.5 Å². The quantitative estimate of drug-likeness (QED) is 0.621. The number of rotatable bonds is 2. The van der Waals surface area contributed by atoms with Crippen LogP contribution in [0, 0.1) is 0 Å². The van der Waals surface area contributed by atoms with Gasteiger partial charge in [-0.2, -0.15) is 0 Å². The molecule has 0 aromatic heterocycles. The van der Waals surface area contributed by atoms with E-state index in [2.05, 4.69) is 20.9 Å². The summed E-state index contributed by atoms with van der Waals surface area (Å²) in [5.74, 6) is 1.76. The lowest BCUT2D eigenvalue weighted by molar-refractivity contribution is 0.251. The molecule has 0 aliphatic carbocycles. The molecule has 4 nitrogen and oxygen atoms in total. The molecule has 0 amide bonds. The summed E-state index contributed by atoms with van der Waals surface area (Å²) in [4.78, 5) is 14.1. The Bertz CT molecular complexity index is 554. The molecule has 2 aliphatic rings. The zero-order valence-corrected chi connectivity index (χ0v) is 12.4. The highest BCUT2D eigenvalue weighted by molar-refractivity contribution is 9.10. The zero-order chi connectivity index (χ0) is 13.6. The van der Waals surface area contributed by atoms with Gasteiger partial charge in [0, 0.05) is 29.5 Å². The van der Waals surface area contributed by atoms with Gasteiger partial charge in [0.25, 0.3) is 0 Å². The Morgan fingerprint density at radius 2 is 1.84 bits per heavy atom. The predicted molar refractivity (Wildman–Crippen MR) is 73.6 cm³/mol. The lowest BCUT2D eigenvalue weighted by Crippen LogP contribution is -2.07. The van der Waals surface area contributed by atoms with Crippen molar-refractivity contribution in [1.29, 1.82) is 0 Å². The molecule has 1 aromatic carbocycles. The summed E-state index contributed by atoms with van der Waals surface area (Å²) in [5, 5.41) is 0. The number of halogens is 1. The topological polar surface area (TPSA) is 47.9 Å². The van der Waals surface area contributed by atoms with Crippen LogP contribution >= 0.6 is 15.9 Å². The van der Waals surface area contributed by atoms with E-state index in [1.807, 2.05) is 13.8 Å². The molecule has 0 fully saturated rings. The minimum Gasteiger partial charge on any atom is -0.490 e. The molecular weight excluding hydrogens is 310 g/mol. The number of isocyanates is 1. The number of aliphatic imine (C=N–C) groups is 1. The molecule has 5 heteroatoms. The monoisotopic (exact) mass is 323 g/mol. The van der Waals surface area contributed by atoms with Gasteiger partial charge in [-0.3, -0.25) is 0 Å². The third-order valence-corrected chi connectivity index (χ3v) is 4.41. The van der Waals surface area contributed by atoms with Gasteiger partial charge in [-0.15, -0.1) is 0 Å². The summed E-state index contributed by atoms with van der Waals surface area (Å²) in [6.07, 6.45) is 3.56. The van der Waals surface area contributed by atoms with E-state index in [1.54, 1.807) is 6.08 Å². The van der Waals surface area contributed by atoms with Gasteiger partial charge in [0.2, 0.25) is 6.08 Å².